The number of nitrogens with one attached hydrogen (secondary N) is 1. The Bertz CT molecular complexity index is 186. The van der Waals surface area contributed by atoms with Crippen molar-refractivity contribution in [3.8, 4) is 0 Å². The van der Waals surface area contributed by atoms with Gasteiger partial charge in [0.05, 0.1) is 18.3 Å². The molecule has 1 fully saturated rings. The van der Waals surface area contributed by atoms with Crippen LogP contribution in [-0.4, -0.2) is 36.5 Å². The van der Waals surface area contributed by atoms with Gasteiger partial charge in [-0.05, 0) is 45.4 Å². The zero-order chi connectivity index (χ0) is 12.0. The molecule has 0 aromatic heterocycles. The van der Waals surface area contributed by atoms with Crippen molar-refractivity contribution in [2.45, 2.75) is 58.2 Å². The molecule has 2 N–H and O–H groups in total. The van der Waals surface area contributed by atoms with Crippen molar-refractivity contribution in [1.82, 2.24) is 5.32 Å². The third-order valence-electron chi connectivity index (χ3n) is 3.39. The average molecular weight is 229 g/mol. The highest BCUT2D eigenvalue weighted by molar-refractivity contribution is 4.86. The van der Waals surface area contributed by atoms with Crippen LogP contribution in [0.1, 0.15) is 46.5 Å². The lowest BCUT2D eigenvalue weighted by Crippen LogP contribution is -2.44. The van der Waals surface area contributed by atoms with Crippen molar-refractivity contribution in [3.05, 3.63) is 0 Å². The predicted molar refractivity (Wildman–Crippen MR) is 66.5 cm³/mol. The zero-order valence-corrected chi connectivity index (χ0v) is 11.0. The first kappa shape index (κ1) is 13.9. The van der Waals surface area contributed by atoms with Gasteiger partial charge < -0.3 is 15.2 Å². The SMILES string of the molecule is CC1CCC(O)(CNCCOC(C)C)CC1. The Kier molecular flexibility index (Phi) is 5.73. The Morgan fingerprint density at radius 2 is 2.00 bits per heavy atom. The van der Waals surface area contributed by atoms with Crippen molar-refractivity contribution in [2.75, 3.05) is 19.7 Å². The Morgan fingerprint density at radius 3 is 2.56 bits per heavy atom. The second-order valence-electron chi connectivity index (χ2n) is 5.50. The van der Waals surface area contributed by atoms with Gasteiger partial charge in [-0.15, -0.1) is 0 Å². The Hall–Kier alpha value is -0.120. The summed E-state index contributed by atoms with van der Waals surface area (Å²) in [6.45, 7) is 8.61. The van der Waals surface area contributed by atoms with Gasteiger partial charge in [0, 0.05) is 13.1 Å². The summed E-state index contributed by atoms with van der Waals surface area (Å²) in [5.74, 6) is 0.782. The zero-order valence-electron chi connectivity index (χ0n) is 11.0. The van der Waals surface area contributed by atoms with E-state index in [1.165, 1.54) is 0 Å². The summed E-state index contributed by atoms with van der Waals surface area (Å²) in [6.07, 6.45) is 4.47. The third-order valence-corrected chi connectivity index (χ3v) is 3.39. The second kappa shape index (κ2) is 6.58. The summed E-state index contributed by atoms with van der Waals surface area (Å²) >= 11 is 0. The molecule has 16 heavy (non-hydrogen) atoms. The molecule has 0 unspecified atom stereocenters. The van der Waals surface area contributed by atoms with Crippen molar-refractivity contribution < 1.29 is 9.84 Å². The fraction of sp³-hybridized carbons (Fsp3) is 1.00. The first-order valence-corrected chi connectivity index (χ1v) is 6.56. The van der Waals surface area contributed by atoms with Gasteiger partial charge in [0.15, 0.2) is 0 Å². The minimum Gasteiger partial charge on any atom is -0.389 e. The first-order valence-electron chi connectivity index (χ1n) is 6.56. The van der Waals surface area contributed by atoms with E-state index >= 15 is 0 Å². The molecule has 0 aromatic carbocycles. The van der Waals surface area contributed by atoms with Crippen molar-refractivity contribution in [3.63, 3.8) is 0 Å². The maximum atomic E-state index is 10.3. The van der Waals surface area contributed by atoms with E-state index in [-0.39, 0.29) is 0 Å². The van der Waals surface area contributed by atoms with Gasteiger partial charge in [-0.3, -0.25) is 0 Å². The molecule has 0 atom stereocenters. The molecule has 1 saturated carbocycles. The monoisotopic (exact) mass is 229 g/mol. The van der Waals surface area contributed by atoms with E-state index in [0.29, 0.717) is 12.6 Å². The number of hydrogen-bond donors (Lipinski definition) is 2. The summed E-state index contributed by atoms with van der Waals surface area (Å²) in [4.78, 5) is 0. The smallest absolute Gasteiger partial charge is 0.0771 e. The Morgan fingerprint density at radius 1 is 1.38 bits per heavy atom. The molecule has 0 aromatic rings. The quantitative estimate of drug-likeness (QED) is 0.684. The second-order valence-corrected chi connectivity index (χ2v) is 5.50. The number of hydrogen-bond acceptors (Lipinski definition) is 3. The average Bonchev–Trinajstić information content (AvgIpc) is 2.22. The van der Waals surface area contributed by atoms with Crippen LogP contribution in [0.15, 0.2) is 0 Å². The van der Waals surface area contributed by atoms with Crippen LogP contribution in [0.5, 0.6) is 0 Å². The van der Waals surface area contributed by atoms with Crippen LogP contribution in [-0.2, 0) is 4.74 Å². The Labute approximate surface area is 99.6 Å². The molecule has 0 aliphatic heterocycles. The van der Waals surface area contributed by atoms with E-state index in [1.807, 2.05) is 13.8 Å². The van der Waals surface area contributed by atoms with Crippen LogP contribution in [0, 0.1) is 5.92 Å². The molecule has 0 saturated heterocycles. The van der Waals surface area contributed by atoms with Crippen molar-refractivity contribution in [1.29, 1.82) is 0 Å². The highest BCUT2D eigenvalue weighted by Crippen LogP contribution is 2.31. The fourth-order valence-electron chi connectivity index (χ4n) is 2.16. The van der Waals surface area contributed by atoms with Crippen LogP contribution in [0.25, 0.3) is 0 Å². The van der Waals surface area contributed by atoms with Gasteiger partial charge in [0.1, 0.15) is 0 Å². The van der Waals surface area contributed by atoms with Crippen molar-refractivity contribution in [2.24, 2.45) is 5.92 Å². The van der Waals surface area contributed by atoms with Crippen LogP contribution in [0.2, 0.25) is 0 Å². The molecule has 0 heterocycles. The molecule has 0 amide bonds. The summed E-state index contributed by atoms with van der Waals surface area (Å²) in [5, 5.41) is 13.6. The molecule has 0 radical (unpaired) electrons. The summed E-state index contributed by atoms with van der Waals surface area (Å²) < 4.78 is 5.44. The van der Waals surface area contributed by atoms with E-state index in [4.69, 9.17) is 4.74 Å². The molecule has 3 heteroatoms. The first-order chi connectivity index (χ1) is 7.52. The maximum absolute atomic E-state index is 10.3. The van der Waals surface area contributed by atoms with Gasteiger partial charge in [-0.25, -0.2) is 0 Å². The van der Waals surface area contributed by atoms with Gasteiger partial charge >= 0.3 is 0 Å². The van der Waals surface area contributed by atoms with E-state index in [1.54, 1.807) is 0 Å². The molecule has 3 nitrogen and oxygen atoms in total. The van der Waals surface area contributed by atoms with Crippen LogP contribution < -0.4 is 5.32 Å². The number of aliphatic hydroxyl groups is 1. The molecule has 96 valence electrons. The van der Waals surface area contributed by atoms with Crippen molar-refractivity contribution >= 4 is 0 Å². The fourth-order valence-corrected chi connectivity index (χ4v) is 2.16. The summed E-state index contributed by atoms with van der Waals surface area (Å²) in [5.41, 5.74) is -0.468. The predicted octanol–water partition coefficient (Wildman–Crippen LogP) is 1.94. The van der Waals surface area contributed by atoms with E-state index in [0.717, 1.165) is 44.8 Å². The topological polar surface area (TPSA) is 41.5 Å². The lowest BCUT2D eigenvalue weighted by Gasteiger charge is -2.35. The standard InChI is InChI=1S/C13H27NO2/c1-11(2)16-9-8-14-10-13(15)6-4-12(3)5-7-13/h11-12,14-15H,4-10H2,1-3H3. The summed E-state index contributed by atoms with van der Waals surface area (Å²) in [6, 6.07) is 0. The molecule has 0 spiro atoms. The molecule has 0 bridgehead atoms. The van der Waals surface area contributed by atoms with Gasteiger partial charge in [0.25, 0.3) is 0 Å². The lowest BCUT2D eigenvalue weighted by molar-refractivity contribution is -0.00819. The molecule has 1 aliphatic carbocycles. The van der Waals surface area contributed by atoms with E-state index in [9.17, 15) is 5.11 Å². The third kappa shape index (κ3) is 5.28. The number of ether oxygens (including phenoxy) is 1. The molecule has 1 aliphatic rings. The van der Waals surface area contributed by atoms with Crippen LogP contribution >= 0.6 is 0 Å². The van der Waals surface area contributed by atoms with Crippen LogP contribution in [0.3, 0.4) is 0 Å². The molecular weight excluding hydrogens is 202 g/mol. The van der Waals surface area contributed by atoms with Gasteiger partial charge in [-0.2, -0.15) is 0 Å². The highest BCUT2D eigenvalue weighted by atomic mass is 16.5. The minimum absolute atomic E-state index is 0.292. The Balaban J connectivity index is 2.07. The highest BCUT2D eigenvalue weighted by Gasteiger charge is 2.30. The summed E-state index contributed by atoms with van der Waals surface area (Å²) in [7, 11) is 0. The van der Waals surface area contributed by atoms with E-state index in [2.05, 4.69) is 12.2 Å². The van der Waals surface area contributed by atoms with E-state index < -0.39 is 5.60 Å². The molecule has 1 rings (SSSR count). The lowest BCUT2D eigenvalue weighted by atomic mass is 9.79. The molecular formula is C13H27NO2. The normalized spacial score (nSPS) is 30.9. The van der Waals surface area contributed by atoms with Crippen LogP contribution in [0.4, 0.5) is 0 Å². The number of rotatable bonds is 6. The van der Waals surface area contributed by atoms with Gasteiger partial charge in [-0.1, -0.05) is 6.92 Å². The maximum Gasteiger partial charge on any atom is 0.0771 e. The minimum atomic E-state index is -0.468. The van der Waals surface area contributed by atoms with Gasteiger partial charge in [0.2, 0.25) is 0 Å². The largest absolute Gasteiger partial charge is 0.389 e.